The Morgan fingerprint density at radius 2 is 2.10 bits per heavy atom. The van der Waals surface area contributed by atoms with E-state index in [9.17, 15) is 0 Å². The maximum absolute atomic E-state index is 8.83. The Morgan fingerprint density at radius 3 is 2.75 bits per heavy atom. The lowest BCUT2D eigenvalue weighted by Gasteiger charge is -2.09. The highest BCUT2D eigenvalue weighted by Gasteiger charge is 2.07. The van der Waals surface area contributed by atoms with Gasteiger partial charge in [0.15, 0.2) is 0 Å². The van der Waals surface area contributed by atoms with E-state index in [0.717, 1.165) is 22.6 Å². The number of benzene rings is 1. The minimum atomic E-state index is 0.0287. The van der Waals surface area contributed by atoms with Gasteiger partial charge in [0.1, 0.15) is 11.6 Å². The second-order valence-electron chi connectivity index (χ2n) is 4.33. The van der Waals surface area contributed by atoms with Gasteiger partial charge in [-0.05, 0) is 30.7 Å². The van der Waals surface area contributed by atoms with Crippen LogP contribution in [0.15, 0.2) is 24.3 Å². The van der Waals surface area contributed by atoms with Crippen LogP contribution in [0.3, 0.4) is 0 Å². The summed E-state index contributed by atoms with van der Waals surface area (Å²) in [6.07, 6.45) is 0. The average Bonchev–Trinajstić information content (AvgIpc) is 2.44. The first-order valence-corrected chi connectivity index (χ1v) is 6.28. The molecule has 0 spiro atoms. The Kier molecular flexibility index (Phi) is 4.37. The number of nitrogens with one attached hydrogen (secondary N) is 1. The fourth-order valence-corrected chi connectivity index (χ4v) is 1.93. The molecule has 6 heteroatoms. The predicted molar refractivity (Wildman–Crippen MR) is 78.7 cm³/mol. The number of rotatable bonds is 5. The fourth-order valence-electron chi connectivity index (χ4n) is 1.93. The molecule has 0 aliphatic rings. The number of nitrogens with two attached hydrogens (primary N) is 1. The number of nitrogens with zero attached hydrogens (tertiary/aromatic N) is 2. The molecule has 4 N–H and O–H groups in total. The average molecular weight is 274 g/mol. The summed E-state index contributed by atoms with van der Waals surface area (Å²) < 4.78 is 5.24. The minimum absolute atomic E-state index is 0.0287. The SMILES string of the molecule is COc1ccc(-c2cc(NCCO)nc(N)n2)cc1C. The number of hydrogen-bond donors (Lipinski definition) is 3. The van der Waals surface area contributed by atoms with Crippen LogP contribution in [0.4, 0.5) is 11.8 Å². The van der Waals surface area contributed by atoms with Crippen LogP contribution in [-0.4, -0.2) is 35.3 Å². The van der Waals surface area contributed by atoms with E-state index in [1.807, 2.05) is 25.1 Å². The third kappa shape index (κ3) is 3.16. The van der Waals surface area contributed by atoms with Crippen molar-refractivity contribution < 1.29 is 9.84 Å². The third-order valence-corrected chi connectivity index (χ3v) is 2.85. The Hall–Kier alpha value is -2.34. The third-order valence-electron chi connectivity index (χ3n) is 2.85. The number of nitrogen functional groups attached to an aromatic ring is 1. The molecule has 0 radical (unpaired) electrons. The van der Waals surface area contributed by atoms with Crippen LogP contribution in [0.1, 0.15) is 5.56 Å². The molecule has 0 saturated carbocycles. The molecule has 0 amide bonds. The first-order chi connectivity index (χ1) is 9.63. The van der Waals surface area contributed by atoms with Gasteiger partial charge in [-0.3, -0.25) is 0 Å². The first-order valence-electron chi connectivity index (χ1n) is 6.28. The van der Waals surface area contributed by atoms with Gasteiger partial charge in [-0.2, -0.15) is 4.98 Å². The summed E-state index contributed by atoms with van der Waals surface area (Å²) in [4.78, 5) is 8.30. The van der Waals surface area contributed by atoms with Crippen molar-refractivity contribution in [3.05, 3.63) is 29.8 Å². The number of methoxy groups -OCH3 is 1. The molecule has 106 valence electrons. The van der Waals surface area contributed by atoms with Gasteiger partial charge in [0, 0.05) is 18.2 Å². The zero-order chi connectivity index (χ0) is 14.5. The smallest absolute Gasteiger partial charge is 0.222 e. The molecule has 0 atom stereocenters. The maximum atomic E-state index is 8.83. The molecule has 2 rings (SSSR count). The molecule has 0 saturated heterocycles. The van der Waals surface area contributed by atoms with Crippen LogP contribution < -0.4 is 15.8 Å². The van der Waals surface area contributed by atoms with E-state index in [0.29, 0.717) is 12.4 Å². The number of aliphatic hydroxyl groups is 1. The van der Waals surface area contributed by atoms with Crippen molar-refractivity contribution >= 4 is 11.8 Å². The summed E-state index contributed by atoms with van der Waals surface area (Å²) in [6, 6.07) is 7.59. The van der Waals surface area contributed by atoms with Crippen molar-refractivity contribution in [2.45, 2.75) is 6.92 Å². The molecule has 1 aromatic heterocycles. The van der Waals surface area contributed by atoms with Crippen molar-refractivity contribution in [2.75, 3.05) is 31.3 Å². The van der Waals surface area contributed by atoms with Crippen molar-refractivity contribution in [3.8, 4) is 17.0 Å². The molecule has 1 heterocycles. The van der Waals surface area contributed by atoms with Crippen molar-refractivity contribution in [2.24, 2.45) is 0 Å². The zero-order valence-corrected chi connectivity index (χ0v) is 11.6. The lowest BCUT2D eigenvalue weighted by Crippen LogP contribution is -2.09. The molecular weight excluding hydrogens is 256 g/mol. The van der Waals surface area contributed by atoms with Crippen LogP contribution in [0.25, 0.3) is 11.3 Å². The van der Waals surface area contributed by atoms with E-state index < -0.39 is 0 Å². The predicted octanol–water partition coefficient (Wildman–Crippen LogP) is 1.45. The molecule has 0 aliphatic carbocycles. The second-order valence-corrected chi connectivity index (χ2v) is 4.33. The van der Waals surface area contributed by atoms with Crippen molar-refractivity contribution in [3.63, 3.8) is 0 Å². The minimum Gasteiger partial charge on any atom is -0.496 e. The normalized spacial score (nSPS) is 10.3. The van der Waals surface area contributed by atoms with Gasteiger partial charge in [-0.1, -0.05) is 0 Å². The highest BCUT2D eigenvalue weighted by molar-refractivity contribution is 5.66. The van der Waals surface area contributed by atoms with Crippen LogP contribution in [0, 0.1) is 6.92 Å². The van der Waals surface area contributed by atoms with Gasteiger partial charge in [0.05, 0.1) is 19.4 Å². The maximum Gasteiger partial charge on any atom is 0.222 e. The summed E-state index contributed by atoms with van der Waals surface area (Å²) in [5.74, 6) is 1.61. The lowest BCUT2D eigenvalue weighted by atomic mass is 10.1. The summed E-state index contributed by atoms with van der Waals surface area (Å²) in [5.41, 5.74) is 8.39. The van der Waals surface area contributed by atoms with Crippen LogP contribution in [-0.2, 0) is 0 Å². The van der Waals surface area contributed by atoms with E-state index in [1.54, 1.807) is 13.2 Å². The standard InChI is InChI=1S/C14H18N4O2/c1-9-7-10(3-4-12(9)20-2)11-8-13(16-5-6-19)18-14(15)17-11/h3-4,7-8,19H,5-6H2,1-2H3,(H3,15,16,17,18). The molecule has 2 aromatic rings. The highest BCUT2D eigenvalue weighted by atomic mass is 16.5. The van der Waals surface area contributed by atoms with E-state index in [4.69, 9.17) is 15.6 Å². The Balaban J connectivity index is 2.36. The monoisotopic (exact) mass is 274 g/mol. The number of aromatic nitrogens is 2. The topological polar surface area (TPSA) is 93.3 Å². The summed E-state index contributed by atoms with van der Waals surface area (Å²) in [5, 5.41) is 11.8. The van der Waals surface area contributed by atoms with Crippen LogP contribution in [0.5, 0.6) is 5.75 Å². The largest absolute Gasteiger partial charge is 0.496 e. The molecular formula is C14H18N4O2. The van der Waals surface area contributed by atoms with Crippen LogP contribution >= 0.6 is 0 Å². The molecule has 0 fully saturated rings. The van der Waals surface area contributed by atoms with E-state index in [2.05, 4.69) is 15.3 Å². The van der Waals surface area contributed by atoms with Gasteiger partial charge in [0.2, 0.25) is 5.95 Å². The van der Waals surface area contributed by atoms with Gasteiger partial charge in [-0.25, -0.2) is 4.98 Å². The van der Waals surface area contributed by atoms with Gasteiger partial charge in [0.25, 0.3) is 0 Å². The first kappa shape index (κ1) is 14.1. The Labute approximate surface area is 117 Å². The summed E-state index contributed by atoms with van der Waals surface area (Å²) in [6.45, 7) is 2.41. The number of anilines is 2. The number of aryl methyl sites for hydroxylation is 1. The van der Waals surface area contributed by atoms with Gasteiger partial charge < -0.3 is 20.9 Å². The number of aliphatic hydroxyl groups excluding tert-OH is 1. The molecule has 0 unspecified atom stereocenters. The Bertz CT molecular complexity index is 602. The highest BCUT2D eigenvalue weighted by Crippen LogP contribution is 2.26. The molecule has 1 aromatic carbocycles. The van der Waals surface area contributed by atoms with Crippen molar-refractivity contribution in [1.29, 1.82) is 0 Å². The molecule has 20 heavy (non-hydrogen) atoms. The summed E-state index contributed by atoms with van der Waals surface area (Å²) >= 11 is 0. The number of ether oxygens (including phenoxy) is 1. The van der Waals surface area contributed by atoms with E-state index in [-0.39, 0.29) is 12.6 Å². The Morgan fingerprint density at radius 1 is 1.30 bits per heavy atom. The number of hydrogen-bond acceptors (Lipinski definition) is 6. The van der Waals surface area contributed by atoms with Crippen molar-refractivity contribution in [1.82, 2.24) is 9.97 Å². The van der Waals surface area contributed by atoms with E-state index in [1.165, 1.54) is 0 Å². The van der Waals surface area contributed by atoms with Gasteiger partial charge >= 0.3 is 0 Å². The zero-order valence-electron chi connectivity index (χ0n) is 11.6. The molecule has 6 nitrogen and oxygen atoms in total. The van der Waals surface area contributed by atoms with Gasteiger partial charge in [-0.15, -0.1) is 0 Å². The second kappa shape index (κ2) is 6.21. The molecule has 0 bridgehead atoms. The van der Waals surface area contributed by atoms with Crippen LogP contribution in [0.2, 0.25) is 0 Å². The lowest BCUT2D eigenvalue weighted by molar-refractivity contribution is 0.311. The van der Waals surface area contributed by atoms with E-state index >= 15 is 0 Å². The quantitative estimate of drug-likeness (QED) is 0.764. The molecule has 0 aliphatic heterocycles. The summed E-state index contributed by atoms with van der Waals surface area (Å²) in [7, 11) is 1.64. The fraction of sp³-hybridized carbons (Fsp3) is 0.286.